The first-order chi connectivity index (χ1) is 10.9. The molecule has 4 rings (SSSR count). The molecule has 0 aliphatic carbocycles. The molecule has 1 aliphatic rings. The zero-order valence-corrected chi connectivity index (χ0v) is 12.6. The predicted molar refractivity (Wildman–Crippen MR) is 88.9 cm³/mol. The zero-order valence-electron chi connectivity index (χ0n) is 12.6. The molecule has 112 valence electrons. The van der Waals surface area contributed by atoms with Crippen molar-refractivity contribution in [2.75, 3.05) is 18.0 Å². The Balaban J connectivity index is 1.43. The molecule has 1 aliphatic heterocycles. The fourth-order valence-corrected chi connectivity index (χ4v) is 3.26. The van der Waals surface area contributed by atoms with Crippen LogP contribution in [0.5, 0.6) is 0 Å². The van der Waals surface area contributed by atoms with Crippen LogP contribution in [0, 0.1) is 5.92 Å². The number of hydrogen-bond acceptors (Lipinski definition) is 3. The van der Waals surface area contributed by atoms with E-state index in [4.69, 9.17) is 0 Å². The van der Waals surface area contributed by atoms with Gasteiger partial charge in [0.2, 0.25) is 0 Å². The lowest BCUT2D eigenvalue weighted by molar-refractivity contribution is 0.341. The molecule has 0 unspecified atom stereocenters. The van der Waals surface area contributed by atoms with Crippen LogP contribution in [0.25, 0.3) is 10.8 Å². The van der Waals surface area contributed by atoms with Crippen molar-refractivity contribution < 1.29 is 0 Å². The minimum atomic E-state index is 0.719. The summed E-state index contributed by atoms with van der Waals surface area (Å²) in [7, 11) is 0. The van der Waals surface area contributed by atoms with Gasteiger partial charge in [0.15, 0.2) is 0 Å². The highest BCUT2D eigenvalue weighted by Gasteiger charge is 2.20. The third-order valence-electron chi connectivity index (χ3n) is 4.56. The average molecular weight is 292 g/mol. The van der Waals surface area contributed by atoms with Crippen molar-refractivity contribution >= 4 is 16.6 Å². The largest absolute Gasteiger partial charge is 0.357 e. The Morgan fingerprint density at radius 2 is 1.86 bits per heavy atom. The quantitative estimate of drug-likeness (QED) is 0.742. The van der Waals surface area contributed by atoms with Crippen molar-refractivity contribution in [3.63, 3.8) is 0 Å². The van der Waals surface area contributed by atoms with Gasteiger partial charge in [0.1, 0.15) is 5.82 Å². The lowest BCUT2D eigenvalue weighted by Gasteiger charge is -2.32. The molecule has 0 N–H and O–H groups in total. The Hall–Kier alpha value is -2.36. The second kappa shape index (κ2) is 5.79. The summed E-state index contributed by atoms with van der Waals surface area (Å²) in [4.78, 5) is 7.05. The van der Waals surface area contributed by atoms with Crippen molar-refractivity contribution in [1.29, 1.82) is 0 Å². The van der Waals surface area contributed by atoms with Crippen LogP contribution in [0.15, 0.2) is 55.0 Å². The van der Waals surface area contributed by atoms with Crippen LogP contribution in [-0.2, 0) is 6.54 Å². The Kier molecular flexibility index (Phi) is 3.51. The van der Waals surface area contributed by atoms with E-state index >= 15 is 0 Å². The molecule has 22 heavy (non-hydrogen) atoms. The molecule has 4 nitrogen and oxygen atoms in total. The molecular weight excluding hydrogens is 272 g/mol. The van der Waals surface area contributed by atoms with E-state index in [1.165, 1.54) is 23.6 Å². The Labute approximate surface area is 130 Å². The normalized spacial score (nSPS) is 16.3. The van der Waals surface area contributed by atoms with Crippen molar-refractivity contribution in [3.05, 3.63) is 55.0 Å². The van der Waals surface area contributed by atoms with Crippen molar-refractivity contribution in [2.24, 2.45) is 5.92 Å². The lowest BCUT2D eigenvalue weighted by atomic mass is 9.97. The molecule has 4 heteroatoms. The summed E-state index contributed by atoms with van der Waals surface area (Å²) in [6, 6.07) is 12.6. The molecular formula is C18H20N4. The van der Waals surface area contributed by atoms with E-state index in [0.29, 0.717) is 0 Å². The van der Waals surface area contributed by atoms with Crippen LogP contribution in [0.4, 0.5) is 5.82 Å². The van der Waals surface area contributed by atoms with Crippen molar-refractivity contribution in [1.82, 2.24) is 14.8 Å². The first kappa shape index (κ1) is 13.3. The van der Waals surface area contributed by atoms with Crippen LogP contribution >= 0.6 is 0 Å². The van der Waals surface area contributed by atoms with Gasteiger partial charge in [-0.15, -0.1) is 0 Å². The lowest BCUT2D eigenvalue weighted by Crippen LogP contribution is -2.35. The number of fused-ring (bicyclic) bond motifs is 1. The summed E-state index contributed by atoms with van der Waals surface area (Å²) < 4.78 is 2.05. The van der Waals surface area contributed by atoms with Gasteiger partial charge in [-0.1, -0.05) is 24.3 Å². The predicted octanol–water partition coefficient (Wildman–Crippen LogP) is 3.35. The molecule has 1 saturated heterocycles. The van der Waals surface area contributed by atoms with Crippen molar-refractivity contribution in [3.8, 4) is 0 Å². The number of pyridine rings is 1. The van der Waals surface area contributed by atoms with Gasteiger partial charge in [-0.3, -0.25) is 4.68 Å². The zero-order chi connectivity index (χ0) is 14.8. The fraction of sp³-hybridized carbons (Fsp3) is 0.333. The van der Waals surface area contributed by atoms with Crippen LogP contribution in [0.3, 0.4) is 0 Å². The van der Waals surface area contributed by atoms with E-state index in [0.717, 1.165) is 31.4 Å². The van der Waals surface area contributed by atoms with Gasteiger partial charge in [-0.2, -0.15) is 5.10 Å². The second-order valence-corrected chi connectivity index (χ2v) is 6.05. The Morgan fingerprint density at radius 1 is 1.05 bits per heavy atom. The van der Waals surface area contributed by atoms with Gasteiger partial charge < -0.3 is 4.90 Å². The van der Waals surface area contributed by atoms with Crippen LogP contribution < -0.4 is 4.90 Å². The molecule has 0 amide bonds. The fourth-order valence-electron chi connectivity index (χ4n) is 3.26. The summed E-state index contributed by atoms with van der Waals surface area (Å²) in [5.41, 5.74) is 0. The maximum Gasteiger partial charge on any atom is 0.129 e. The molecule has 0 bridgehead atoms. The SMILES string of the molecule is c1ccc2cc(N3CCC(Cn4cccn4)CC3)ncc2c1. The number of piperidine rings is 1. The van der Waals surface area contributed by atoms with E-state index in [1.807, 2.05) is 18.5 Å². The Morgan fingerprint density at radius 3 is 2.64 bits per heavy atom. The minimum absolute atomic E-state index is 0.719. The first-order valence-electron chi connectivity index (χ1n) is 7.96. The third-order valence-corrected chi connectivity index (χ3v) is 4.56. The number of rotatable bonds is 3. The summed E-state index contributed by atoms with van der Waals surface area (Å²) in [6.07, 6.45) is 8.30. The minimum Gasteiger partial charge on any atom is -0.357 e. The molecule has 0 radical (unpaired) electrons. The third kappa shape index (κ3) is 2.69. The van der Waals surface area contributed by atoms with Gasteiger partial charge in [-0.05, 0) is 36.3 Å². The topological polar surface area (TPSA) is 34.0 Å². The average Bonchev–Trinajstić information content (AvgIpc) is 3.08. The van der Waals surface area contributed by atoms with E-state index in [2.05, 4.69) is 56.2 Å². The van der Waals surface area contributed by atoms with Crippen LogP contribution in [0.1, 0.15) is 12.8 Å². The number of nitrogens with zero attached hydrogens (tertiary/aromatic N) is 4. The molecule has 1 aromatic carbocycles. The Bertz CT molecular complexity index is 743. The highest BCUT2D eigenvalue weighted by atomic mass is 15.3. The molecule has 2 aromatic heterocycles. The highest BCUT2D eigenvalue weighted by Crippen LogP contribution is 2.25. The van der Waals surface area contributed by atoms with Gasteiger partial charge in [0.25, 0.3) is 0 Å². The van der Waals surface area contributed by atoms with E-state index in [-0.39, 0.29) is 0 Å². The summed E-state index contributed by atoms with van der Waals surface area (Å²) in [5, 5.41) is 6.79. The van der Waals surface area contributed by atoms with Crippen LogP contribution in [-0.4, -0.2) is 27.9 Å². The van der Waals surface area contributed by atoms with E-state index < -0.39 is 0 Å². The molecule has 3 heterocycles. The van der Waals surface area contributed by atoms with E-state index in [1.54, 1.807) is 0 Å². The summed E-state index contributed by atoms with van der Waals surface area (Å²) in [6.45, 7) is 3.19. The number of benzene rings is 1. The maximum atomic E-state index is 4.64. The molecule has 0 saturated carbocycles. The van der Waals surface area contributed by atoms with Gasteiger partial charge in [0, 0.05) is 43.6 Å². The highest BCUT2D eigenvalue weighted by molar-refractivity contribution is 5.83. The molecule has 3 aromatic rings. The standard InChI is InChI=1S/C18H20N4/c1-2-5-17-13-19-18(12-16(17)4-1)21-10-6-15(7-11-21)14-22-9-3-8-20-22/h1-5,8-9,12-13,15H,6-7,10-11,14H2. The monoisotopic (exact) mass is 292 g/mol. The summed E-state index contributed by atoms with van der Waals surface area (Å²) >= 11 is 0. The summed E-state index contributed by atoms with van der Waals surface area (Å²) in [5.74, 6) is 1.83. The number of aromatic nitrogens is 3. The van der Waals surface area contributed by atoms with Gasteiger partial charge >= 0.3 is 0 Å². The second-order valence-electron chi connectivity index (χ2n) is 6.05. The van der Waals surface area contributed by atoms with E-state index in [9.17, 15) is 0 Å². The van der Waals surface area contributed by atoms with Gasteiger partial charge in [0.05, 0.1) is 0 Å². The van der Waals surface area contributed by atoms with Crippen LogP contribution in [0.2, 0.25) is 0 Å². The van der Waals surface area contributed by atoms with Crippen molar-refractivity contribution in [2.45, 2.75) is 19.4 Å². The molecule has 0 atom stereocenters. The smallest absolute Gasteiger partial charge is 0.129 e. The number of hydrogen-bond donors (Lipinski definition) is 0. The number of anilines is 1. The molecule has 1 fully saturated rings. The first-order valence-corrected chi connectivity index (χ1v) is 7.96. The maximum absolute atomic E-state index is 4.64. The molecule has 0 spiro atoms. The van der Waals surface area contributed by atoms with Gasteiger partial charge in [-0.25, -0.2) is 4.98 Å².